The molecule has 0 aromatic rings. The Balaban J connectivity index is -0.00000131. The highest BCUT2D eigenvalue weighted by Crippen LogP contribution is 2.16. The number of alkyl halides is 3. The first kappa shape index (κ1) is 84.5. The van der Waals surface area contributed by atoms with Crippen LogP contribution in [0, 0.1) is 0 Å². The van der Waals surface area contributed by atoms with Crippen LogP contribution in [-0.4, -0.2) is 106 Å². The van der Waals surface area contributed by atoms with E-state index >= 15 is 0 Å². The van der Waals surface area contributed by atoms with Crippen LogP contribution in [0.2, 0.25) is 0 Å². The van der Waals surface area contributed by atoms with Crippen molar-refractivity contribution >= 4 is 52.7 Å². The first-order valence-corrected chi connectivity index (χ1v) is 36.0. The molecule has 0 aromatic carbocycles. The van der Waals surface area contributed by atoms with E-state index in [1.165, 1.54) is 283 Å². The molecule has 1 N–H and O–H groups in total. The predicted octanol–water partition coefficient (Wildman–Crippen LogP) is 20.9. The fourth-order valence-electron chi connectivity index (χ4n) is 9.61. The third kappa shape index (κ3) is 77.3. The van der Waals surface area contributed by atoms with E-state index in [-0.39, 0.29) is 43.1 Å². The summed E-state index contributed by atoms with van der Waals surface area (Å²) >= 11 is 15.5. The lowest BCUT2D eigenvalue weighted by Crippen LogP contribution is -2.28. The summed E-state index contributed by atoms with van der Waals surface area (Å²) in [6, 6.07) is 0. The Hall–Kier alpha value is -0.720. The van der Waals surface area contributed by atoms with Gasteiger partial charge < -0.3 is 33.5 Å². The van der Waals surface area contributed by atoms with Crippen LogP contribution in [0.15, 0.2) is 0 Å². The topological polar surface area (TPSA) is 127 Å². The molecule has 0 aliphatic heterocycles. The summed E-state index contributed by atoms with van der Waals surface area (Å²) in [5, 5.41) is 9.52. The van der Waals surface area contributed by atoms with Gasteiger partial charge in [-0.3, -0.25) is 14.4 Å². The van der Waals surface area contributed by atoms with Gasteiger partial charge in [-0.25, -0.2) is 0 Å². The minimum atomic E-state index is -0.776. The van der Waals surface area contributed by atoms with Gasteiger partial charge in [-0.1, -0.05) is 310 Å². The normalized spacial score (nSPS) is 11.9. The molecular formula is C68H133Cl3O10. The number of ether oxygens (including phenoxy) is 6. The number of unbranched alkanes of at least 4 members (excludes halogenated alkanes) is 44. The average Bonchev–Trinajstić information content (AvgIpc) is 3.48. The van der Waals surface area contributed by atoms with Crippen LogP contribution in [0.25, 0.3) is 0 Å². The third-order valence-corrected chi connectivity index (χ3v) is 15.4. The van der Waals surface area contributed by atoms with Crippen LogP contribution >= 0.6 is 34.8 Å². The zero-order valence-corrected chi connectivity index (χ0v) is 55.9. The van der Waals surface area contributed by atoms with Crippen LogP contribution in [-0.2, 0) is 42.8 Å². The van der Waals surface area contributed by atoms with Crippen LogP contribution in [0.1, 0.15) is 336 Å². The molecule has 0 fully saturated rings. The van der Waals surface area contributed by atoms with Gasteiger partial charge in [0, 0.05) is 26.4 Å². The van der Waals surface area contributed by atoms with Crippen molar-refractivity contribution in [3.63, 3.8) is 0 Å². The van der Waals surface area contributed by atoms with Crippen molar-refractivity contribution < 1.29 is 47.9 Å². The van der Waals surface area contributed by atoms with Crippen molar-refractivity contribution in [1.29, 1.82) is 0 Å². The quantitative estimate of drug-likeness (QED) is 0.0272. The predicted molar refractivity (Wildman–Crippen MR) is 347 cm³/mol. The largest absolute Gasteiger partial charge is 0.462 e. The Bertz CT molecular complexity index is 1190. The second-order valence-electron chi connectivity index (χ2n) is 22.8. The van der Waals surface area contributed by atoms with Gasteiger partial charge in [0.15, 0.2) is 0 Å². The molecule has 0 saturated carbocycles. The lowest BCUT2D eigenvalue weighted by molar-refractivity contribution is -0.156. The number of halogens is 3. The Kier molecular flexibility index (Phi) is 80.6. The van der Waals surface area contributed by atoms with Gasteiger partial charge in [0.25, 0.3) is 0 Å². The maximum Gasteiger partial charge on any atom is 0.328 e. The second-order valence-corrected chi connectivity index (χ2v) is 23.6. The summed E-state index contributed by atoms with van der Waals surface area (Å²) in [7, 11) is 0. The van der Waals surface area contributed by atoms with E-state index in [0.717, 1.165) is 45.5 Å². The summed E-state index contributed by atoms with van der Waals surface area (Å²) < 4.78 is 32.7. The fraction of sp³-hybridized carbons (Fsp3) is 0.956. The molecule has 13 heteroatoms. The van der Waals surface area contributed by atoms with E-state index in [0.29, 0.717) is 19.8 Å². The van der Waals surface area contributed by atoms with Gasteiger partial charge in [-0.05, 0) is 25.7 Å². The van der Waals surface area contributed by atoms with Crippen molar-refractivity contribution in [3.8, 4) is 0 Å². The summed E-state index contributed by atoms with van der Waals surface area (Å²) in [4.78, 5) is 31.8. The fourth-order valence-corrected chi connectivity index (χ4v) is 9.80. The Morgan fingerprint density at radius 2 is 0.519 bits per heavy atom. The Morgan fingerprint density at radius 1 is 0.296 bits per heavy atom. The zero-order valence-electron chi connectivity index (χ0n) is 53.6. The standard InChI is InChI=1S/C33H65ClO4.C31H64O3.C4H4Cl2O3/c1-3-5-7-9-11-13-15-17-19-21-23-25-27-36-30-32(31-38-33(35)29-34)37-28-26-24-22-20-18-16-14-12-10-8-6-4-2;1-3-5-7-9-11-13-15-17-19-21-23-25-27-33-30-31(29-32)34-28-26-24-22-20-18-16-14-12-10-8-6-4-2;5-1-3(7)9-4(8)2-6/h32H,3-31H2,1-2H3;31-32H,3-30H2,1-2H3;1-2H2. The highest BCUT2D eigenvalue weighted by Gasteiger charge is 2.13. The molecule has 0 heterocycles. The maximum atomic E-state index is 11.5. The number of aliphatic hydroxyl groups excluding tert-OH is 1. The van der Waals surface area contributed by atoms with E-state index in [1.807, 2.05) is 0 Å². The van der Waals surface area contributed by atoms with Crippen molar-refractivity contribution in [2.75, 3.05) is 70.5 Å². The Labute approximate surface area is 516 Å². The minimum absolute atomic E-state index is 0.0662. The van der Waals surface area contributed by atoms with E-state index in [9.17, 15) is 19.5 Å². The number of carbonyl (C=O) groups excluding carboxylic acids is 3. The lowest BCUT2D eigenvalue weighted by atomic mass is 10.1. The van der Waals surface area contributed by atoms with Crippen LogP contribution in [0.5, 0.6) is 0 Å². The van der Waals surface area contributed by atoms with Crippen LogP contribution in [0.4, 0.5) is 0 Å². The number of rotatable bonds is 64. The molecule has 0 radical (unpaired) electrons. The summed E-state index contributed by atoms with van der Waals surface area (Å²) in [6.45, 7) is 13.4. The molecule has 0 rings (SSSR count). The van der Waals surface area contributed by atoms with E-state index in [1.54, 1.807) is 0 Å². The second kappa shape index (κ2) is 77.3. The minimum Gasteiger partial charge on any atom is -0.462 e. The Morgan fingerprint density at radius 3 is 0.765 bits per heavy atom. The SMILES string of the molecule is CCCCCCCCCCCCCCOCC(CO)OCCCCCCCCCCCCCC.CCCCCCCCCCCCCCOCC(COC(=O)CCl)OCCCCCCCCCCCCCC.O=C(CCl)OC(=O)CCl. The number of hydrogen-bond acceptors (Lipinski definition) is 10. The van der Waals surface area contributed by atoms with Crippen molar-refractivity contribution in [2.24, 2.45) is 0 Å². The molecule has 0 aromatic heterocycles. The maximum absolute atomic E-state index is 11.5. The molecule has 81 heavy (non-hydrogen) atoms. The summed E-state index contributed by atoms with van der Waals surface area (Å²) in [5.74, 6) is -2.73. The molecule has 2 atom stereocenters. The average molecular weight is 1220 g/mol. The molecule has 0 spiro atoms. The van der Waals surface area contributed by atoms with E-state index < -0.39 is 17.9 Å². The van der Waals surface area contributed by atoms with E-state index in [2.05, 4.69) is 32.4 Å². The van der Waals surface area contributed by atoms with Crippen molar-refractivity contribution in [2.45, 2.75) is 348 Å². The number of aliphatic hydroxyl groups is 1. The van der Waals surface area contributed by atoms with Crippen molar-refractivity contribution in [3.05, 3.63) is 0 Å². The molecule has 10 nitrogen and oxygen atoms in total. The van der Waals surface area contributed by atoms with Gasteiger partial charge >= 0.3 is 17.9 Å². The van der Waals surface area contributed by atoms with Gasteiger partial charge in [0.1, 0.15) is 36.5 Å². The van der Waals surface area contributed by atoms with Gasteiger partial charge in [0.2, 0.25) is 0 Å². The van der Waals surface area contributed by atoms with Gasteiger partial charge in [-0.2, -0.15) is 0 Å². The van der Waals surface area contributed by atoms with E-state index in [4.69, 9.17) is 58.5 Å². The first-order chi connectivity index (χ1) is 39.8. The molecular weight excluding hydrogens is 1080 g/mol. The number of esters is 3. The first-order valence-electron chi connectivity index (χ1n) is 34.4. The number of carbonyl (C=O) groups is 3. The lowest BCUT2D eigenvalue weighted by Gasteiger charge is -2.18. The highest BCUT2D eigenvalue weighted by atomic mass is 35.5. The third-order valence-electron chi connectivity index (χ3n) is 14.8. The molecule has 0 bridgehead atoms. The van der Waals surface area contributed by atoms with Crippen LogP contribution < -0.4 is 0 Å². The summed E-state index contributed by atoms with van der Waals surface area (Å²) in [6.07, 6.45) is 64.3. The van der Waals surface area contributed by atoms with Gasteiger partial charge in [-0.15, -0.1) is 34.8 Å². The highest BCUT2D eigenvalue weighted by molar-refractivity contribution is 6.29. The van der Waals surface area contributed by atoms with Crippen molar-refractivity contribution in [1.82, 2.24) is 0 Å². The molecule has 2 unspecified atom stereocenters. The van der Waals surface area contributed by atoms with Gasteiger partial charge in [0.05, 0.1) is 19.8 Å². The monoisotopic (exact) mass is 1210 g/mol. The molecule has 0 aliphatic rings. The molecule has 0 saturated heterocycles. The summed E-state index contributed by atoms with van der Waals surface area (Å²) in [5.41, 5.74) is 0. The number of hydrogen-bond donors (Lipinski definition) is 1. The molecule has 0 aliphatic carbocycles. The van der Waals surface area contributed by atoms with Crippen LogP contribution in [0.3, 0.4) is 0 Å². The molecule has 0 amide bonds. The smallest absolute Gasteiger partial charge is 0.328 e. The zero-order chi connectivity index (χ0) is 59.8. The molecule has 486 valence electrons.